The van der Waals surface area contributed by atoms with Crippen LogP contribution in [-0.4, -0.2) is 30.7 Å². The molecule has 0 radical (unpaired) electrons. The van der Waals surface area contributed by atoms with Gasteiger partial charge in [-0.05, 0) is 61.7 Å². The molecule has 0 bridgehead atoms. The molecule has 1 heterocycles. The largest absolute Gasteiger partial charge is 0.317 e. The molecule has 1 fully saturated rings. The molecule has 4 nitrogen and oxygen atoms in total. The third-order valence-electron chi connectivity index (χ3n) is 4.24. The number of benzene rings is 1. The number of hydrogen-bond donors (Lipinski definition) is 2. The van der Waals surface area contributed by atoms with Crippen molar-refractivity contribution < 1.29 is 9.59 Å². The molecule has 0 spiro atoms. The minimum Gasteiger partial charge on any atom is -0.317 e. The zero-order valence-electron chi connectivity index (χ0n) is 15.1. The van der Waals surface area contributed by atoms with Gasteiger partial charge in [-0.3, -0.25) is 14.9 Å². The molecule has 136 valence electrons. The smallest absolute Gasteiger partial charge is 0.250 e. The Morgan fingerprint density at radius 3 is 2.72 bits per heavy atom. The van der Waals surface area contributed by atoms with Crippen molar-refractivity contribution >= 4 is 29.7 Å². The average molecular weight is 361 g/mol. The third-order valence-corrected chi connectivity index (χ3v) is 5.37. The van der Waals surface area contributed by atoms with Gasteiger partial charge in [0.25, 0.3) is 5.91 Å². The van der Waals surface area contributed by atoms with Crippen molar-refractivity contribution in [2.45, 2.75) is 38.0 Å². The molecule has 1 aromatic rings. The SMILES string of the molecule is CC(C)CCSc1ccccc1/C=C/C(=O)NC(=O)C1CCNCC1. The van der Waals surface area contributed by atoms with Gasteiger partial charge in [0, 0.05) is 16.9 Å². The average Bonchev–Trinajstić information content (AvgIpc) is 2.61. The second-order valence-corrected chi connectivity index (χ2v) is 7.92. The van der Waals surface area contributed by atoms with Gasteiger partial charge in [-0.15, -0.1) is 11.8 Å². The van der Waals surface area contributed by atoms with E-state index in [0.717, 1.165) is 48.6 Å². The van der Waals surface area contributed by atoms with Gasteiger partial charge in [-0.25, -0.2) is 0 Å². The van der Waals surface area contributed by atoms with E-state index in [9.17, 15) is 9.59 Å². The number of hydrogen-bond acceptors (Lipinski definition) is 4. The normalized spacial score (nSPS) is 15.6. The van der Waals surface area contributed by atoms with E-state index < -0.39 is 0 Å². The molecule has 25 heavy (non-hydrogen) atoms. The highest BCUT2D eigenvalue weighted by atomic mass is 32.2. The van der Waals surface area contributed by atoms with Gasteiger partial charge in [0.2, 0.25) is 5.91 Å². The number of nitrogens with one attached hydrogen (secondary N) is 2. The van der Waals surface area contributed by atoms with Crippen LogP contribution >= 0.6 is 11.8 Å². The molecule has 0 aromatic heterocycles. The van der Waals surface area contributed by atoms with Gasteiger partial charge in [0.05, 0.1) is 0 Å². The topological polar surface area (TPSA) is 58.2 Å². The summed E-state index contributed by atoms with van der Waals surface area (Å²) in [6, 6.07) is 8.04. The Balaban J connectivity index is 1.89. The first-order valence-corrected chi connectivity index (χ1v) is 10.00. The molecule has 1 aromatic carbocycles. The van der Waals surface area contributed by atoms with Crippen LogP contribution in [0.2, 0.25) is 0 Å². The molecule has 1 aliphatic rings. The van der Waals surface area contributed by atoms with Crippen LogP contribution in [-0.2, 0) is 9.59 Å². The van der Waals surface area contributed by atoms with Crippen molar-refractivity contribution in [3.8, 4) is 0 Å². The summed E-state index contributed by atoms with van der Waals surface area (Å²) in [5.41, 5.74) is 1.01. The zero-order chi connectivity index (χ0) is 18.1. The van der Waals surface area contributed by atoms with Gasteiger partial charge >= 0.3 is 0 Å². The number of amides is 2. The number of imide groups is 1. The summed E-state index contributed by atoms with van der Waals surface area (Å²) in [7, 11) is 0. The maximum Gasteiger partial charge on any atom is 0.250 e. The number of carbonyl (C=O) groups excluding carboxylic acids is 2. The van der Waals surface area contributed by atoms with E-state index >= 15 is 0 Å². The summed E-state index contributed by atoms with van der Waals surface area (Å²) in [5, 5.41) is 5.72. The number of rotatable bonds is 7. The van der Waals surface area contributed by atoms with Gasteiger partial charge in [-0.1, -0.05) is 32.0 Å². The quantitative estimate of drug-likeness (QED) is 0.577. The minimum absolute atomic E-state index is 0.0579. The molecule has 2 amide bonds. The van der Waals surface area contributed by atoms with Crippen LogP contribution in [0.15, 0.2) is 35.2 Å². The molecule has 1 saturated heterocycles. The standard InChI is InChI=1S/C20H28N2O2S/c1-15(2)11-14-25-18-6-4-3-5-16(18)7-8-19(23)22-20(24)17-9-12-21-13-10-17/h3-8,15,17,21H,9-14H2,1-2H3,(H,22,23,24)/b8-7+. The summed E-state index contributed by atoms with van der Waals surface area (Å²) in [5.74, 6) is 1.18. The fourth-order valence-corrected chi connectivity index (χ4v) is 3.96. The first-order chi connectivity index (χ1) is 12.1. The van der Waals surface area contributed by atoms with Crippen LogP contribution in [0.25, 0.3) is 6.08 Å². The van der Waals surface area contributed by atoms with E-state index in [4.69, 9.17) is 0 Å². The minimum atomic E-state index is -0.342. The predicted molar refractivity (Wildman–Crippen MR) is 104 cm³/mol. The lowest BCUT2D eigenvalue weighted by Gasteiger charge is -2.20. The fraction of sp³-hybridized carbons (Fsp3) is 0.500. The van der Waals surface area contributed by atoms with Crippen LogP contribution in [0.4, 0.5) is 0 Å². The monoisotopic (exact) mass is 360 g/mol. The maximum absolute atomic E-state index is 12.1. The lowest BCUT2D eigenvalue weighted by Crippen LogP contribution is -2.40. The Morgan fingerprint density at radius 1 is 1.28 bits per heavy atom. The lowest BCUT2D eigenvalue weighted by atomic mass is 9.97. The Labute approximate surface area is 154 Å². The highest BCUT2D eigenvalue weighted by Crippen LogP contribution is 2.25. The molecule has 2 rings (SSSR count). The van der Waals surface area contributed by atoms with Gasteiger partial charge in [-0.2, -0.15) is 0 Å². The molecule has 0 unspecified atom stereocenters. The first kappa shape index (κ1) is 19.7. The molecule has 0 atom stereocenters. The number of thioether (sulfide) groups is 1. The summed E-state index contributed by atoms with van der Waals surface area (Å²) < 4.78 is 0. The van der Waals surface area contributed by atoms with Crippen LogP contribution in [0.3, 0.4) is 0 Å². The van der Waals surface area contributed by atoms with Crippen molar-refractivity contribution in [3.05, 3.63) is 35.9 Å². The lowest BCUT2D eigenvalue weighted by molar-refractivity contribution is -0.131. The van der Waals surface area contributed by atoms with Crippen LogP contribution in [0.5, 0.6) is 0 Å². The summed E-state index contributed by atoms with van der Waals surface area (Å²) in [6.45, 7) is 6.11. The molecule has 0 aliphatic carbocycles. The second kappa shape index (κ2) is 10.4. The summed E-state index contributed by atoms with van der Waals surface area (Å²) in [6.07, 6.45) is 5.99. The van der Waals surface area contributed by atoms with E-state index in [1.807, 2.05) is 18.2 Å². The van der Waals surface area contributed by atoms with Crippen molar-refractivity contribution in [1.82, 2.24) is 10.6 Å². The van der Waals surface area contributed by atoms with Crippen molar-refractivity contribution in [2.75, 3.05) is 18.8 Å². The maximum atomic E-state index is 12.1. The summed E-state index contributed by atoms with van der Waals surface area (Å²) >= 11 is 1.81. The number of carbonyl (C=O) groups is 2. The third kappa shape index (κ3) is 7.04. The van der Waals surface area contributed by atoms with Crippen LogP contribution in [0.1, 0.15) is 38.7 Å². The fourth-order valence-electron chi connectivity index (χ4n) is 2.67. The first-order valence-electron chi connectivity index (χ1n) is 9.01. The second-order valence-electron chi connectivity index (χ2n) is 6.78. The Bertz CT molecular complexity index is 607. The highest BCUT2D eigenvalue weighted by molar-refractivity contribution is 7.99. The molecule has 5 heteroatoms. The van der Waals surface area contributed by atoms with Crippen LogP contribution < -0.4 is 10.6 Å². The van der Waals surface area contributed by atoms with Crippen molar-refractivity contribution in [3.63, 3.8) is 0 Å². The van der Waals surface area contributed by atoms with Crippen LogP contribution in [0, 0.1) is 11.8 Å². The molecular formula is C20H28N2O2S. The van der Waals surface area contributed by atoms with Gasteiger partial charge in [0.1, 0.15) is 0 Å². The Hall–Kier alpha value is -1.59. The molecule has 1 aliphatic heterocycles. The molecule has 2 N–H and O–H groups in total. The van der Waals surface area contributed by atoms with E-state index in [1.54, 1.807) is 17.8 Å². The zero-order valence-corrected chi connectivity index (χ0v) is 15.9. The predicted octanol–water partition coefficient (Wildman–Crippen LogP) is 3.48. The van der Waals surface area contributed by atoms with E-state index in [0.29, 0.717) is 5.92 Å². The van der Waals surface area contributed by atoms with Crippen molar-refractivity contribution in [1.29, 1.82) is 0 Å². The van der Waals surface area contributed by atoms with Crippen molar-refractivity contribution in [2.24, 2.45) is 11.8 Å². The van der Waals surface area contributed by atoms with Gasteiger partial charge < -0.3 is 5.32 Å². The highest BCUT2D eigenvalue weighted by Gasteiger charge is 2.21. The van der Waals surface area contributed by atoms with E-state index in [1.165, 1.54) is 6.08 Å². The number of piperidine rings is 1. The van der Waals surface area contributed by atoms with E-state index in [2.05, 4.69) is 30.5 Å². The summed E-state index contributed by atoms with van der Waals surface area (Å²) in [4.78, 5) is 25.3. The van der Waals surface area contributed by atoms with E-state index in [-0.39, 0.29) is 17.7 Å². The molecular weight excluding hydrogens is 332 g/mol. The Kier molecular flexibility index (Phi) is 8.22. The molecule has 0 saturated carbocycles. The van der Waals surface area contributed by atoms with Gasteiger partial charge in [0.15, 0.2) is 0 Å². The Morgan fingerprint density at radius 2 is 2.00 bits per heavy atom.